The molecule has 94 valence electrons. The number of nitrogens with one attached hydrogen (secondary N) is 1. The fourth-order valence-electron chi connectivity index (χ4n) is 3.58. The van der Waals surface area contributed by atoms with E-state index in [1.165, 1.54) is 50.7 Å². The Hall–Kier alpha value is 0.310. The molecule has 1 N–H and O–H groups in total. The SMILES string of the molecule is CNC(C1CCCC(C)C1)C1CCCCS1. The summed E-state index contributed by atoms with van der Waals surface area (Å²) in [6, 6.07) is 0.785. The molecule has 0 aromatic carbocycles. The maximum absolute atomic E-state index is 3.64. The number of thioether (sulfide) groups is 1. The quantitative estimate of drug-likeness (QED) is 0.809. The number of hydrogen-bond donors (Lipinski definition) is 1. The summed E-state index contributed by atoms with van der Waals surface area (Å²) in [4.78, 5) is 0. The maximum atomic E-state index is 3.64. The van der Waals surface area contributed by atoms with Crippen molar-refractivity contribution >= 4 is 11.8 Å². The van der Waals surface area contributed by atoms with E-state index in [-0.39, 0.29) is 0 Å². The molecule has 16 heavy (non-hydrogen) atoms. The molecule has 0 spiro atoms. The van der Waals surface area contributed by atoms with Crippen LogP contribution in [0.1, 0.15) is 51.9 Å². The highest BCUT2D eigenvalue weighted by Crippen LogP contribution is 2.37. The highest BCUT2D eigenvalue weighted by atomic mass is 32.2. The van der Waals surface area contributed by atoms with Crippen molar-refractivity contribution in [2.75, 3.05) is 12.8 Å². The Bertz CT molecular complexity index is 201. The van der Waals surface area contributed by atoms with Gasteiger partial charge in [0.1, 0.15) is 0 Å². The topological polar surface area (TPSA) is 12.0 Å². The van der Waals surface area contributed by atoms with Crippen molar-refractivity contribution in [3.05, 3.63) is 0 Å². The summed E-state index contributed by atoms with van der Waals surface area (Å²) in [5.74, 6) is 3.30. The third-order valence-electron chi connectivity index (χ3n) is 4.43. The lowest BCUT2D eigenvalue weighted by molar-refractivity contribution is 0.221. The van der Waals surface area contributed by atoms with Crippen molar-refractivity contribution < 1.29 is 0 Å². The van der Waals surface area contributed by atoms with E-state index >= 15 is 0 Å². The molecule has 1 aliphatic carbocycles. The molecule has 0 aromatic rings. The van der Waals surface area contributed by atoms with Gasteiger partial charge in [0.25, 0.3) is 0 Å². The van der Waals surface area contributed by atoms with Crippen LogP contribution in [0.15, 0.2) is 0 Å². The summed E-state index contributed by atoms with van der Waals surface area (Å²) in [6.45, 7) is 2.44. The number of rotatable bonds is 3. The molecule has 1 saturated carbocycles. The second-order valence-electron chi connectivity index (χ2n) is 5.75. The van der Waals surface area contributed by atoms with E-state index in [1.54, 1.807) is 0 Å². The van der Waals surface area contributed by atoms with Crippen molar-refractivity contribution in [3.8, 4) is 0 Å². The van der Waals surface area contributed by atoms with Crippen LogP contribution in [0.4, 0.5) is 0 Å². The van der Waals surface area contributed by atoms with Gasteiger partial charge in [0.05, 0.1) is 0 Å². The third kappa shape index (κ3) is 3.16. The van der Waals surface area contributed by atoms with E-state index in [1.807, 2.05) is 0 Å². The molecule has 2 rings (SSSR count). The van der Waals surface area contributed by atoms with Crippen LogP contribution in [0.5, 0.6) is 0 Å². The van der Waals surface area contributed by atoms with Crippen LogP contribution in [0.25, 0.3) is 0 Å². The monoisotopic (exact) mass is 241 g/mol. The van der Waals surface area contributed by atoms with Gasteiger partial charge in [-0.1, -0.05) is 26.2 Å². The van der Waals surface area contributed by atoms with Crippen molar-refractivity contribution in [1.29, 1.82) is 0 Å². The molecule has 1 saturated heterocycles. The van der Waals surface area contributed by atoms with Crippen LogP contribution in [0.2, 0.25) is 0 Å². The summed E-state index contributed by atoms with van der Waals surface area (Å²) in [5, 5.41) is 4.54. The molecule has 2 aliphatic rings. The zero-order valence-corrected chi connectivity index (χ0v) is 11.7. The van der Waals surface area contributed by atoms with Crippen LogP contribution < -0.4 is 5.32 Å². The second kappa shape index (κ2) is 6.30. The molecule has 0 aromatic heterocycles. The molecule has 1 nitrogen and oxygen atoms in total. The Morgan fingerprint density at radius 3 is 2.62 bits per heavy atom. The van der Waals surface area contributed by atoms with Crippen LogP contribution in [-0.2, 0) is 0 Å². The predicted molar refractivity (Wildman–Crippen MR) is 74.1 cm³/mol. The summed E-state index contributed by atoms with van der Waals surface area (Å²) in [5.41, 5.74) is 0. The van der Waals surface area contributed by atoms with Gasteiger partial charge < -0.3 is 5.32 Å². The Morgan fingerprint density at radius 2 is 2.00 bits per heavy atom. The number of hydrogen-bond acceptors (Lipinski definition) is 2. The van der Waals surface area contributed by atoms with Crippen molar-refractivity contribution in [2.24, 2.45) is 11.8 Å². The first-order chi connectivity index (χ1) is 7.81. The average molecular weight is 241 g/mol. The average Bonchev–Trinajstić information content (AvgIpc) is 2.31. The van der Waals surface area contributed by atoms with Crippen LogP contribution >= 0.6 is 11.8 Å². The van der Waals surface area contributed by atoms with E-state index in [0.29, 0.717) is 0 Å². The molecule has 1 aliphatic heterocycles. The largest absolute Gasteiger partial charge is 0.316 e. The lowest BCUT2D eigenvalue weighted by atomic mass is 9.77. The first-order valence-electron chi connectivity index (χ1n) is 7.10. The molecule has 4 unspecified atom stereocenters. The summed E-state index contributed by atoms with van der Waals surface area (Å²) in [6.07, 6.45) is 10.2. The summed E-state index contributed by atoms with van der Waals surface area (Å²) >= 11 is 2.23. The van der Waals surface area contributed by atoms with E-state index < -0.39 is 0 Å². The maximum Gasteiger partial charge on any atom is 0.0211 e. The molecule has 0 radical (unpaired) electrons. The van der Waals surface area contributed by atoms with Gasteiger partial charge in [0, 0.05) is 11.3 Å². The van der Waals surface area contributed by atoms with E-state index in [0.717, 1.165) is 23.1 Å². The molecule has 0 amide bonds. The van der Waals surface area contributed by atoms with E-state index in [4.69, 9.17) is 0 Å². The van der Waals surface area contributed by atoms with Crippen molar-refractivity contribution in [3.63, 3.8) is 0 Å². The standard InChI is InChI=1S/C14H27NS/c1-11-6-5-7-12(10-11)14(15-2)13-8-3-4-9-16-13/h11-15H,3-10H2,1-2H3. The van der Waals surface area contributed by atoms with Crippen LogP contribution in [0.3, 0.4) is 0 Å². The van der Waals surface area contributed by atoms with Crippen LogP contribution in [-0.4, -0.2) is 24.1 Å². The highest BCUT2D eigenvalue weighted by Gasteiger charge is 2.32. The smallest absolute Gasteiger partial charge is 0.0211 e. The minimum Gasteiger partial charge on any atom is -0.316 e. The van der Waals surface area contributed by atoms with Gasteiger partial charge in [0.15, 0.2) is 0 Å². The van der Waals surface area contributed by atoms with E-state index in [9.17, 15) is 0 Å². The fourth-order valence-corrected chi connectivity index (χ4v) is 5.15. The first-order valence-corrected chi connectivity index (χ1v) is 8.15. The van der Waals surface area contributed by atoms with Gasteiger partial charge in [-0.15, -0.1) is 0 Å². The van der Waals surface area contributed by atoms with Gasteiger partial charge in [-0.3, -0.25) is 0 Å². The van der Waals surface area contributed by atoms with Gasteiger partial charge in [-0.05, 0) is 50.3 Å². The zero-order chi connectivity index (χ0) is 11.4. The molecule has 0 bridgehead atoms. The van der Waals surface area contributed by atoms with Crippen LogP contribution in [0, 0.1) is 11.8 Å². The summed E-state index contributed by atoms with van der Waals surface area (Å²) in [7, 11) is 2.18. The molecule has 4 atom stereocenters. The minimum absolute atomic E-state index is 0.785. The van der Waals surface area contributed by atoms with E-state index in [2.05, 4.69) is 31.1 Å². The predicted octanol–water partition coefficient (Wildman–Crippen LogP) is 3.69. The lowest BCUT2D eigenvalue weighted by Crippen LogP contribution is -2.44. The molecule has 2 heteroatoms. The molecule has 2 fully saturated rings. The molecular weight excluding hydrogens is 214 g/mol. The van der Waals surface area contributed by atoms with Crippen molar-refractivity contribution in [1.82, 2.24) is 5.32 Å². The Labute approximate surface area is 105 Å². The van der Waals surface area contributed by atoms with Gasteiger partial charge in [-0.25, -0.2) is 0 Å². The van der Waals surface area contributed by atoms with Crippen molar-refractivity contribution in [2.45, 2.75) is 63.2 Å². The lowest BCUT2D eigenvalue weighted by Gasteiger charge is -2.38. The Kier molecular flexibility index (Phi) is 5.02. The van der Waals surface area contributed by atoms with Gasteiger partial charge >= 0.3 is 0 Å². The van der Waals surface area contributed by atoms with Gasteiger partial charge in [0.2, 0.25) is 0 Å². The molecular formula is C14H27NS. The third-order valence-corrected chi connectivity index (χ3v) is 5.92. The molecule has 1 heterocycles. The summed E-state index contributed by atoms with van der Waals surface area (Å²) < 4.78 is 0. The van der Waals surface area contributed by atoms with Gasteiger partial charge in [-0.2, -0.15) is 11.8 Å². The zero-order valence-electron chi connectivity index (χ0n) is 10.9. The Morgan fingerprint density at radius 1 is 1.12 bits per heavy atom. The normalized spacial score (nSPS) is 38.2. The second-order valence-corrected chi connectivity index (χ2v) is 7.10. The fraction of sp³-hybridized carbons (Fsp3) is 1.00. The Balaban J connectivity index is 1.91. The minimum atomic E-state index is 0.785. The first kappa shape index (κ1) is 12.8. The highest BCUT2D eigenvalue weighted by molar-refractivity contribution is 8.00.